The Morgan fingerprint density at radius 3 is 2.68 bits per heavy atom. The van der Waals surface area contributed by atoms with Crippen molar-refractivity contribution in [2.24, 2.45) is 0 Å². The highest BCUT2D eigenvalue weighted by molar-refractivity contribution is 5.77. The van der Waals surface area contributed by atoms with Gasteiger partial charge in [-0.05, 0) is 50.8 Å². The predicted molar refractivity (Wildman–Crippen MR) is 93.2 cm³/mol. The van der Waals surface area contributed by atoms with Crippen LogP contribution in [0.5, 0.6) is 0 Å². The lowest BCUT2D eigenvalue weighted by Crippen LogP contribution is -2.43. The molecule has 0 aromatic heterocycles. The Morgan fingerprint density at radius 2 is 2.04 bits per heavy atom. The number of hydrogen-bond donors (Lipinski definition) is 1. The normalized spacial score (nSPS) is 23.7. The molecule has 6 heteroatoms. The number of hydrogen-bond acceptors (Lipinski definition) is 4. The second-order valence-corrected chi connectivity index (χ2v) is 7.62. The monoisotopic (exact) mass is 346 g/mol. The highest BCUT2D eigenvalue weighted by Gasteiger charge is 2.33. The van der Waals surface area contributed by atoms with Crippen LogP contribution in [0, 0.1) is 0 Å². The van der Waals surface area contributed by atoms with E-state index in [1.165, 1.54) is 5.56 Å². The van der Waals surface area contributed by atoms with E-state index in [2.05, 4.69) is 17.4 Å². The van der Waals surface area contributed by atoms with Crippen molar-refractivity contribution in [3.8, 4) is 0 Å². The SMILES string of the molecule is C[C@H]1c2cccc(C3CNC(=O)CO3)c2CCN1C(=O)OC(C)(C)C. The molecule has 0 aliphatic carbocycles. The van der Waals surface area contributed by atoms with Crippen LogP contribution in [0.15, 0.2) is 18.2 Å². The molecule has 0 bridgehead atoms. The molecule has 136 valence electrons. The summed E-state index contributed by atoms with van der Waals surface area (Å²) in [5.41, 5.74) is 2.94. The van der Waals surface area contributed by atoms with Crippen LogP contribution in [0.25, 0.3) is 0 Å². The van der Waals surface area contributed by atoms with Gasteiger partial charge in [-0.3, -0.25) is 4.79 Å². The lowest BCUT2D eigenvalue weighted by atomic mass is 9.87. The number of benzene rings is 1. The standard InChI is InChI=1S/C19H26N2O4/c1-12-13-6-5-7-15(16-10-20-17(22)11-24-16)14(13)8-9-21(12)18(23)25-19(2,3)4/h5-7,12,16H,8-11H2,1-4H3,(H,20,22)/t12-,16?/m0/s1. The molecule has 1 N–H and O–H groups in total. The van der Waals surface area contributed by atoms with E-state index in [0.717, 1.165) is 17.5 Å². The molecule has 1 aromatic rings. The van der Waals surface area contributed by atoms with Gasteiger partial charge in [-0.15, -0.1) is 0 Å². The highest BCUT2D eigenvalue weighted by Crippen LogP contribution is 2.35. The van der Waals surface area contributed by atoms with E-state index in [1.54, 1.807) is 4.90 Å². The van der Waals surface area contributed by atoms with Crippen LogP contribution < -0.4 is 5.32 Å². The molecule has 2 amide bonds. The Balaban J connectivity index is 1.82. The summed E-state index contributed by atoms with van der Waals surface area (Å²) in [6.45, 7) is 8.84. The van der Waals surface area contributed by atoms with Crippen molar-refractivity contribution in [1.82, 2.24) is 10.2 Å². The second kappa shape index (κ2) is 6.67. The molecule has 1 saturated heterocycles. The van der Waals surface area contributed by atoms with Crippen LogP contribution in [-0.2, 0) is 20.7 Å². The second-order valence-electron chi connectivity index (χ2n) is 7.62. The molecule has 2 aliphatic rings. The number of nitrogens with one attached hydrogen (secondary N) is 1. The fourth-order valence-corrected chi connectivity index (χ4v) is 3.46. The molecule has 1 aromatic carbocycles. The number of morpholine rings is 1. The van der Waals surface area contributed by atoms with E-state index in [1.807, 2.05) is 33.8 Å². The Morgan fingerprint density at radius 1 is 1.32 bits per heavy atom. The predicted octanol–water partition coefficient (Wildman–Crippen LogP) is 2.73. The van der Waals surface area contributed by atoms with Gasteiger partial charge in [0, 0.05) is 13.1 Å². The van der Waals surface area contributed by atoms with Crippen molar-refractivity contribution in [3.63, 3.8) is 0 Å². The number of carbonyl (C=O) groups excluding carboxylic acids is 2. The molecule has 3 rings (SSSR count). The maximum absolute atomic E-state index is 12.5. The smallest absolute Gasteiger partial charge is 0.410 e. The van der Waals surface area contributed by atoms with Gasteiger partial charge in [0.05, 0.1) is 6.04 Å². The summed E-state index contributed by atoms with van der Waals surface area (Å²) in [6, 6.07) is 6.04. The number of amides is 2. The lowest BCUT2D eigenvalue weighted by molar-refractivity contribution is -0.133. The van der Waals surface area contributed by atoms with Crippen molar-refractivity contribution in [2.45, 2.75) is 51.9 Å². The third kappa shape index (κ3) is 3.79. The first-order valence-corrected chi connectivity index (χ1v) is 8.76. The zero-order valence-corrected chi connectivity index (χ0v) is 15.3. The Bertz CT molecular complexity index is 670. The van der Waals surface area contributed by atoms with Gasteiger partial charge < -0.3 is 19.7 Å². The minimum Gasteiger partial charge on any atom is -0.444 e. The van der Waals surface area contributed by atoms with Crippen molar-refractivity contribution in [2.75, 3.05) is 19.7 Å². The van der Waals surface area contributed by atoms with Gasteiger partial charge in [-0.25, -0.2) is 4.79 Å². The molecule has 2 heterocycles. The largest absolute Gasteiger partial charge is 0.444 e. The number of rotatable bonds is 1. The molecule has 0 saturated carbocycles. The van der Waals surface area contributed by atoms with Gasteiger partial charge in [-0.1, -0.05) is 18.2 Å². The third-order valence-corrected chi connectivity index (χ3v) is 4.64. The summed E-state index contributed by atoms with van der Waals surface area (Å²) in [5, 5.41) is 2.85. The van der Waals surface area contributed by atoms with Crippen LogP contribution in [-0.4, -0.2) is 42.2 Å². The minimum absolute atomic E-state index is 0.0586. The molecule has 25 heavy (non-hydrogen) atoms. The van der Waals surface area contributed by atoms with Crippen molar-refractivity contribution >= 4 is 12.0 Å². The minimum atomic E-state index is -0.507. The molecular formula is C19H26N2O4. The number of carbonyl (C=O) groups is 2. The molecule has 2 aliphatic heterocycles. The molecule has 0 spiro atoms. The van der Waals surface area contributed by atoms with Gasteiger partial charge in [0.25, 0.3) is 0 Å². The van der Waals surface area contributed by atoms with Crippen molar-refractivity contribution in [3.05, 3.63) is 34.9 Å². The maximum atomic E-state index is 12.5. The lowest BCUT2D eigenvalue weighted by Gasteiger charge is -2.38. The van der Waals surface area contributed by atoms with E-state index in [0.29, 0.717) is 13.1 Å². The Kier molecular flexibility index (Phi) is 4.73. The third-order valence-electron chi connectivity index (χ3n) is 4.64. The van der Waals surface area contributed by atoms with Crippen LogP contribution in [0.1, 0.15) is 56.5 Å². The van der Waals surface area contributed by atoms with Crippen molar-refractivity contribution < 1.29 is 19.1 Å². The zero-order valence-electron chi connectivity index (χ0n) is 15.3. The number of ether oxygens (including phenoxy) is 2. The summed E-state index contributed by atoms with van der Waals surface area (Å²) < 4.78 is 11.2. The summed E-state index contributed by atoms with van der Waals surface area (Å²) in [5.74, 6) is -0.0782. The van der Waals surface area contributed by atoms with Gasteiger partial charge in [0.2, 0.25) is 5.91 Å². The topological polar surface area (TPSA) is 67.9 Å². The molecule has 2 atom stereocenters. The zero-order chi connectivity index (χ0) is 18.2. The Labute approximate surface area is 148 Å². The van der Waals surface area contributed by atoms with E-state index < -0.39 is 5.60 Å². The molecule has 0 radical (unpaired) electrons. The maximum Gasteiger partial charge on any atom is 0.410 e. The molecule has 1 fully saturated rings. The van der Waals surface area contributed by atoms with Crippen molar-refractivity contribution in [1.29, 1.82) is 0 Å². The molecule has 6 nitrogen and oxygen atoms in total. The molecule has 1 unspecified atom stereocenters. The summed E-state index contributed by atoms with van der Waals surface area (Å²) >= 11 is 0. The summed E-state index contributed by atoms with van der Waals surface area (Å²) in [7, 11) is 0. The fraction of sp³-hybridized carbons (Fsp3) is 0.579. The van der Waals surface area contributed by atoms with E-state index >= 15 is 0 Å². The van der Waals surface area contributed by atoms with E-state index in [-0.39, 0.29) is 30.8 Å². The first-order valence-electron chi connectivity index (χ1n) is 8.76. The summed E-state index contributed by atoms with van der Waals surface area (Å²) in [4.78, 5) is 25.6. The fourth-order valence-electron chi connectivity index (χ4n) is 3.46. The van der Waals surface area contributed by atoms with Crippen LogP contribution in [0.2, 0.25) is 0 Å². The van der Waals surface area contributed by atoms with E-state index in [4.69, 9.17) is 9.47 Å². The first-order chi connectivity index (χ1) is 11.8. The molecular weight excluding hydrogens is 320 g/mol. The van der Waals surface area contributed by atoms with Gasteiger partial charge >= 0.3 is 6.09 Å². The number of fused-ring (bicyclic) bond motifs is 1. The Hall–Kier alpha value is -2.08. The quantitative estimate of drug-likeness (QED) is 0.849. The average molecular weight is 346 g/mol. The van der Waals surface area contributed by atoms with Gasteiger partial charge in [0.15, 0.2) is 0 Å². The summed E-state index contributed by atoms with van der Waals surface area (Å²) in [6.07, 6.45) is 0.341. The van der Waals surface area contributed by atoms with Gasteiger partial charge in [0.1, 0.15) is 18.3 Å². The number of nitrogens with zero attached hydrogens (tertiary/aromatic N) is 1. The van der Waals surface area contributed by atoms with Gasteiger partial charge in [-0.2, -0.15) is 0 Å². The van der Waals surface area contributed by atoms with E-state index in [9.17, 15) is 9.59 Å². The average Bonchev–Trinajstić information content (AvgIpc) is 2.54. The highest BCUT2D eigenvalue weighted by atomic mass is 16.6. The van der Waals surface area contributed by atoms with Crippen LogP contribution in [0.4, 0.5) is 4.79 Å². The first kappa shape index (κ1) is 17.7. The van der Waals surface area contributed by atoms with Crippen LogP contribution >= 0.6 is 0 Å². The van der Waals surface area contributed by atoms with Crippen LogP contribution in [0.3, 0.4) is 0 Å².